The zero-order chi connectivity index (χ0) is 14.4. The van der Waals surface area contributed by atoms with Crippen LogP contribution in [0.5, 0.6) is 0 Å². The zero-order valence-electron chi connectivity index (χ0n) is 12.4. The molecule has 2 rings (SSSR count). The van der Waals surface area contributed by atoms with E-state index in [9.17, 15) is 4.79 Å². The van der Waals surface area contributed by atoms with Crippen molar-refractivity contribution >= 4 is 11.6 Å². The minimum absolute atomic E-state index is 0.0590. The summed E-state index contributed by atoms with van der Waals surface area (Å²) >= 11 is 0. The van der Waals surface area contributed by atoms with Gasteiger partial charge in [-0.1, -0.05) is 17.7 Å². The first-order chi connectivity index (χ1) is 9.67. The maximum Gasteiger partial charge on any atom is 0.238 e. The van der Waals surface area contributed by atoms with Crippen molar-refractivity contribution in [2.45, 2.75) is 32.8 Å². The summed E-state index contributed by atoms with van der Waals surface area (Å²) in [7, 11) is 0. The van der Waals surface area contributed by atoms with Crippen LogP contribution in [-0.4, -0.2) is 43.2 Å². The molecule has 4 nitrogen and oxygen atoms in total. The molecular weight excluding hydrogens is 252 g/mol. The molecule has 4 heteroatoms. The van der Waals surface area contributed by atoms with Crippen molar-refractivity contribution in [3.05, 3.63) is 29.8 Å². The van der Waals surface area contributed by atoms with E-state index in [2.05, 4.69) is 10.2 Å². The topological polar surface area (TPSA) is 41.6 Å². The standard InChI is InChI=1S/C16H24N2O2/c1-3-20-15-8-10-18(11-9-15)12-16(19)17-14-6-4-13(2)5-7-14/h4-7,15H,3,8-12H2,1-2H3,(H,17,19). The summed E-state index contributed by atoms with van der Waals surface area (Å²) in [4.78, 5) is 14.2. The Labute approximate surface area is 121 Å². The maximum absolute atomic E-state index is 12.0. The number of anilines is 1. The molecule has 1 saturated heterocycles. The lowest BCUT2D eigenvalue weighted by Gasteiger charge is -2.31. The van der Waals surface area contributed by atoms with Gasteiger partial charge in [-0.05, 0) is 38.8 Å². The van der Waals surface area contributed by atoms with E-state index >= 15 is 0 Å². The van der Waals surface area contributed by atoms with Gasteiger partial charge in [0.15, 0.2) is 0 Å². The molecule has 1 fully saturated rings. The van der Waals surface area contributed by atoms with Crippen LogP contribution in [0.2, 0.25) is 0 Å². The summed E-state index contributed by atoms with van der Waals surface area (Å²) < 4.78 is 5.62. The van der Waals surface area contributed by atoms with Crippen LogP contribution in [0, 0.1) is 6.92 Å². The fraction of sp³-hybridized carbons (Fsp3) is 0.562. The minimum Gasteiger partial charge on any atom is -0.378 e. The molecule has 0 spiro atoms. The van der Waals surface area contributed by atoms with Gasteiger partial charge < -0.3 is 10.1 Å². The van der Waals surface area contributed by atoms with E-state index in [0.29, 0.717) is 12.6 Å². The van der Waals surface area contributed by atoms with E-state index in [1.54, 1.807) is 0 Å². The molecule has 0 unspecified atom stereocenters. The molecule has 20 heavy (non-hydrogen) atoms. The molecular formula is C16H24N2O2. The number of rotatable bonds is 5. The number of nitrogens with zero attached hydrogens (tertiary/aromatic N) is 1. The van der Waals surface area contributed by atoms with Crippen LogP contribution in [0.4, 0.5) is 5.69 Å². The first-order valence-corrected chi connectivity index (χ1v) is 7.38. The van der Waals surface area contributed by atoms with Gasteiger partial charge in [0.05, 0.1) is 12.6 Å². The van der Waals surface area contributed by atoms with Crippen LogP contribution in [-0.2, 0) is 9.53 Å². The van der Waals surface area contributed by atoms with Crippen molar-refractivity contribution in [2.24, 2.45) is 0 Å². The average molecular weight is 276 g/mol. The number of hydrogen-bond donors (Lipinski definition) is 1. The largest absolute Gasteiger partial charge is 0.378 e. The molecule has 0 atom stereocenters. The van der Waals surface area contributed by atoms with Crippen molar-refractivity contribution < 1.29 is 9.53 Å². The van der Waals surface area contributed by atoms with Gasteiger partial charge in [-0.15, -0.1) is 0 Å². The molecule has 0 aromatic heterocycles. The number of benzene rings is 1. The summed E-state index contributed by atoms with van der Waals surface area (Å²) in [6, 6.07) is 7.88. The highest BCUT2D eigenvalue weighted by Crippen LogP contribution is 2.14. The molecule has 110 valence electrons. The highest BCUT2D eigenvalue weighted by molar-refractivity contribution is 5.92. The van der Waals surface area contributed by atoms with Gasteiger partial charge >= 0.3 is 0 Å². The quantitative estimate of drug-likeness (QED) is 0.898. The first-order valence-electron chi connectivity index (χ1n) is 7.38. The number of ether oxygens (including phenoxy) is 1. The Balaban J connectivity index is 1.74. The number of amides is 1. The number of likely N-dealkylation sites (tertiary alicyclic amines) is 1. The average Bonchev–Trinajstić information content (AvgIpc) is 2.44. The molecule has 1 aromatic rings. The predicted molar refractivity (Wildman–Crippen MR) is 80.9 cm³/mol. The van der Waals surface area contributed by atoms with Crippen LogP contribution >= 0.6 is 0 Å². The number of aryl methyl sites for hydroxylation is 1. The Morgan fingerprint density at radius 3 is 2.55 bits per heavy atom. The zero-order valence-corrected chi connectivity index (χ0v) is 12.4. The van der Waals surface area contributed by atoms with Crippen LogP contribution in [0.25, 0.3) is 0 Å². The SMILES string of the molecule is CCOC1CCN(CC(=O)Nc2ccc(C)cc2)CC1. The molecule has 1 aromatic carbocycles. The second kappa shape index (κ2) is 7.41. The summed E-state index contributed by atoms with van der Waals surface area (Å²) in [6.45, 7) is 7.18. The lowest BCUT2D eigenvalue weighted by atomic mass is 10.1. The third kappa shape index (κ3) is 4.62. The summed E-state index contributed by atoms with van der Waals surface area (Å²) in [5.74, 6) is 0.0590. The lowest BCUT2D eigenvalue weighted by Crippen LogP contribution is -2.41. The van der Waals surface area contributed by atoms with Gasteiger partial charge in [0.1, 0.15) is 0 Å². The monoisotopic (exact) mass is 276 g/mol. The fourth-order valence-electron chi connectivity index (χ4n) is 2.51. The number of nitrogens with one attached hydrogen (secondary N) is 1. The number of carbonyl (C=O) groups excluding carboxylic acids is 1. The van der Waals surface area contributed by atoms with E-state index in [1.165, 1.54) is 5.56 Å². The Bertz CT molecular complexity index is 423. The summed E-state index contributed by atoms with van der Waals surface area (Å²) in [5.41, 5.74) is 2.06. The van der Waals surface area contributed by atoms with E-state index in [4.69, 9.17) is 4.74 Å². The first kappa shape index (κ1) is 15.0. The number of hydrogen-bond acceptors (Lipinski definition) is 3. The smallest absolute Gasteiger partial charge is 0.238 e. The molecule has 0 radical (unpaired) electrons. The highest BCUT2D eigenvalue weighted by Gasteiger charge is 2.20. The second-order valence-corrected chi connectivity index (χ2v) is 5.35. The van der Waals surface area contributed by atoms with E-state index in [1.807, 2.05) is 38.1 Å². The van der Waals surface area contributed by atoms with Gasteiger partial charge in [-0.25, -0.2) is 0 Å². The van der Waals surface area contributed by atoms with E-state index in [-0.39, 0.29) is 5.91 Å². The van der Waals surface area contributed by atoms with Crippen molar-refractivity contribution in [2.75, 3.05) is 31.6 Å². The molecule has 1 heterocycles. The van der Waals surface area contributed by atoms with Crippen LogP contribution < -0.4 is 5.32 Å². The third-order valence-electron chi connectivity index (χ3n) is 3.64. The van der Waals surface area contributed by atoms with Crippen LogP contribution in [0.15, 0.2) is 24.3 Å². The maximum atomic E-state index is 12.0. The van der Waals surface area contributed by atoms with Crippen molar-refractivity contribution in [1.29, 1.82) is 0 Å². The molecule has 0 bridgehead atoms. The number of carbonyl (C=O) groups is 1. The molecule has 1 aliphatic rings. The lowest BCUT2D eigenvalue weighted by molar-refractivity contribution is -0.118. The van der Waals surface area contributed by atoms with Crippen LogP contribution in [0.1, 0.15) is 25.3 Å². The van der Waals surface area contributed by atoms with Gasteiger partial charge in [-0.2, -0.15) is 0 Å². The fourth-order valence-corrected chi connectivity index (χ4v) is 2.51. The van der Waals surface area contributed by atoms with Crippen molar-refractivity contribution in [3.63, 3.8) is 0 Å². The van der Waals surface area contributed by atoms with Crippen molar-refractivity contribution in [3.8, 4) is 0 Å². The molecule has 1 N–H and O–H groups in total. The molecule has 0 saturated carbocycles. The Morgan fingerprint density at radius 2 is 1.95 bits per heavy atom. The Hall–Kier alpha value is -1.39. The summed E-state index contributed by atoms with van der Waals surface area (Å²) in [6.07, 6.45) is 2.41. The second-order valence-electron chi connectivity index (χ2n) is 5.35. The molecule has 0 aliphatic carbocycles. The Kier molecular flexibility index (Phi) is 5.56. The van der Waals surface area contributed by atoms with Gasteiger partial charge in [-0.3, -0.25) is 9.69 Å². The molecule has 1 amide bonds. The normalized spacial score (nSPS) is 17.1. The van der Waals surface area contributed by atoms with E-state index < -0.39 is 0 Å². The highest BCUT2D eigenvalue weighted by atomic mass is 16.5. The minimum atomic E-state index is 0.0590. The van der Waals surface area contributed by atoms with Gasteiger partial charge in [0.2, 0.25) is 5.91 Å². The molecule has 1 aliphatic heterocycles. The predicted octanol–water partition coefficient (Wildman–Crippen LogP) is 2.43. The Morgan fingerprint density at radius 1 is 1.30 bits per heavy atom. The van der Waals surface area contributed by atoms with Crippen molar-refractivity contribution in [1.82, 2.24) is 4.90 Å². The van der Waals surface area contributed by atoms with Gasteiger partial charge in [0.25, 0.3) is 0 Å². The summed E-state index contributed by atoms with van der Waals surface area (Å²) in [5, 5.41) is 2.94. The van der Waals surface area contributed by atoms with Crippen LogP contribution in [0.3, 0.4) is 0 Å². The number of piperidine rings is 1. The van der Waals surface area contributed by atoms with Gasteiger partial charge in [0, 0.05) is 25.4 Å². The third-order valence-corrected chi connectivity index (χ3v) is 3.64. The van der Waals surface area contributed by atoms with E-state index in [0.717, 1.165) is 38.2 Å².